The number of imide groups is 1. The van der Waals surface area contributed by atoms with Crippen molar-refractivity contribution in [3.8, 4) is 11.3 Å². The first-order valence-electron chi connectivity index (χ1n) is 6.32. The number of halogens is 1. The number of urea groups is 1. The van der Waals surface area contributed by atoms with E-state index in [4.69, 9.17) is 16.0 Å². The van der Waals surface area contributed by atoms with Gasteiger partial charge in [0.15, 0.2) is 0 Å². The fourth-order valence-corrected chi connectivity index (χ4v) is 2.29. The predicted octanol–water partition coefficient (Wildman–Crippen LogP) is 2.69. The Morgan fingerprint density at radius 2 is 1.96 bits per heavy atom. The van der Waals surface area contributed by atoms with Crippen LogP contribution in [0.3, 0.4) is 0 Å². The molecule has 0 radical (unpaired) electrons. The standard InChI is InChI=1S/C14H8ClN3O5/c15-10-5-7(18(21)22)1-3-9(10)12-4-2-8(23-12)6-11-13(19)17-14(20)16-11/h1-6H,(H2,16,17,19,20)/b11-6+. The molecule has 1 aliphatic rings. The molecule has 0 spiro atoms. The van der Waals surface area contributed by atoms with E-state index in [-0.39, 0.29) is 16.4 Å². The van der Waals surface area contributed by atoms with Gasteiger partial charge in [0.1, 0.15) is 17.2 Å². The Morgan fingerprint density at radius 1 is 1.17 bits per heavy atom. The Labute approximate surface area is 133 Å². The van der Waals surface area contributed by atoms with Gasteiger partial charge < -0.3 is 9.73 Å². The molecule has 116 valence electrons. The molecule has 1 aliphatic heterocycles. The molecule has 0 atom stereocenters. The number of carbonyl (C=O) groups excluding carboxylic acids is 2. The minimum absolute atomic E-state index is 0.0608. The number of furan rings is 1. The van der Waals surface area contributed by atoms with Crippen LogP contribution in [0.25, 0.3) is 17.4 Å². The van der Waals surface area contributed by atoms with Crippen molar-refractivity contribution in [2.45, 2.75) is 0 Å². The van der Waals surface area contributed by atoms with E-state index in [1.807, 2.05) is 0 Å². The Morgan fingerprint density at radius 3 is 2.57 bits per heavy atom. The highest BCUT2D eigenvalue weighted by atomic mass is 35.5. The molecule has 0 unspecified atom stereocenters. The number of non-ortho nitro benzene ring substituents is 1. The highest BCUT2D eigenvalue weighted by Crippen LogP contribution is 2.32. The van der Waals surface area contributed by atoms with Crippen LogP contribution < -0.4 is 10.6 Å². The van der Waals surface area contributed by atoms with Crippen molar-refractivity contribution in [2.75, 3.05) is 0 Å². The molecule has 9 heteroatoms. The number of nitro benzene ring substituents is 1. The lowest BCUT2D eigenvalue weighted by molar-refractivity contribution is -0.384. The maximum atomic E-state index is 11.4. The number of rotatable bonds is 3. The summed E-state index contributed by atoms with van der Waals surface area (Å²) >= 11 is 6.03. The highest BCUT2D eigenvalue weighted by Gasteiger charge is 2.23. The summed E-state index contributed by atoms with van der Waals surface area (Å²) in [4.78, 5) is 32.6. The first kappa shape index (κ1) is 14.8. The molecule has 1 aromatic carbocycles. The van der Waals surface area contributed by atoms with E-state index in [2.05, 4.69) is 10.6 Å². The number of carbonyl (C=O) groups is 2. The van der Waals surface area contributed by atoms with E-state index >= 15 is 0 Å². The van der Waals surface area contributed by atoms with Crippen molar-refractivity contribution in [1.82, 2.24) is 10.6 Å². The Bertz CT molecular complexity index is 871. The second-order valence-electron chi connectivity index (χ2n) is 4.59. The van der Waals surface area contributed by atoms with E-state index in [0.717, 1.165) is 0 Å². The Balaban J connectivity index is 1.91. The fourth-order valence-electron chi connectivity index (χ4n) is 2.02. The number of hydrogen-bond donors (Lipinski definition) is 2. The van der Waals surface area contributed by atoms with Gasteiger partial charge >= 0.3 is 6.03 Å². The van der Waals surface area contributed by atoms with E-state index < -0.39 is 16.9 Å². The van der Waals surface area contributed by atoms with Gasteiger partial charge in [-0.3, -0.25) is 20.2 Å². The van der Waals surface area contributed by atoms with E-state index in [1.165, 1.54) is 24.3 Å². The van der Waals surface area contributed by atoms with Gasteiger partial charge in [-0.2, -0.15) is 0 Å². The molecule has 23 heavy (non-hydrogen) atoms. The largest absolute Gasteiger partial charge is 0.457 e. The molecule has 1 aromatic heterocycles. The first-order chi connectivity index (χ1) is 10.9. The third-order valence-corrected chi connectivity index (χ3v) is 3.37. The number of amides is 3. The SMILES string of the molecule is O=C1NC(=O)/C(=C\c2ccc(-c3ccc([N+](=O)[O-])cc3Cl)o2)N1. The van der Waals surface area contributed by atoms with Crippen molar-refractivity contribution >= 4 is 35.3 Å². The van der Waals surface area contributed by atoms with Crippen LogP contribution in [0.4, 0.5) is 10.5 Å². The van der Waals surface area contributed by atoms with E-state index in [9.17, 15) is 19.7 Å². The normalized spacial score (nSPS) is 15.6. The molecule has 2 aromatic rings. The van der Waals surface area contributed by atoms with Gasteiger partial charge in [0.25, 0.3) is 11.6 Å². The third-order valence-electron chi connectivity index (χ3n) is 3.06. The average Bonchev–Trinajstić information content (AvgIpc) is 3.06. The molecule has 1 saturated heterocycles. The Hall–Kier alpha value is -3.13. The molecule has 3 rings (SSSR count). The molecular weight excluding hydrogens is 326 g/mol. The van der Waals surface area contributed by atoms with Crippen LogP contribution in [0, 0.1) is 10.1 Å². The maximum Gasteiger partial charge on any atom is 0.326 e. The van der Waals surface area contributed by atoms with Crippen molar-refractivity contribution < 1.29 is 18.9 Å². The smallest absolute Gasteiger partial charge is 0.326 e. The quantitative estimate of drug-likeness (QED) is 0.388. The summed E-state index contributed by atoms with van der Waals surface area (Å²) in [6, 6.07) is 6.59. The van der Waals surface area contributed by atoms with Crippen LogP contribution in [-0.2, 0) is 4.79 Å². The molecule has 0 saturated carbocycles. The summed E-state index contributed by atoms with van der Waals surface area (Å²) in [5.41, 5.74) is 0.408. The summed E-state index contributed by atoms with van der Waals surface area (Å²) in [5, 5.41) is 15.3. The van der Waals surface area contributed by atoms with Crippen LogP contribution in [0.15, 0.2) is 40.4 Å². The monoisotopic (exact) mass is 333 g/mol. The summed E-state index contributed by atoms with van der Waals surface area (Å²) < 4.78 is 5.53. The van der Waals surface area contributed by atoms with Crippen molar-refractivity contribution in [2.24, 2.45) is 0 Å². The second kappa shape index (κ2) is 5.58. The van der Waals surface area contributed by atoms with Crippen LogP contribution in [-0.4, -0.2) is 16.9 Å². The lowest BCUT2D eigenvalue weighted by Gasteiger charge is -2.00. The highest BCUT2D eigenvalue weighted by molar-refractivity contribution is 6.33. The van der Waals surface area contributed by atoms with Crippen LogP contribution >= 0.6 is 11.6 Å². The average molecular weight is 334 g/mol. The summed E-state index contributed by atoms with van der Waals surface area (Å²) in [6.07, 6.45) is 1.36. The predicted molar refractivity (Wildman–Crippen MR) is 80.5 cm³/mol. The zero-order valence-electron chi connectivity index (χ0n) is 11.3. The second-order valence-corrected chi connectivity index (χ2v) is 5.00. The van der Waals surface area contributed by atoms with Gasteiger partial charge in [0, 0.05) is 23.8 Å². The summed E-state index contributed by atoms with van der Waals surface area (Å²) in [7, 11) is 0. The molecule has 2 N–H and O–H groups in total. The lowest BCUT2D eigenvalue weighted by Crippen LogP contribution is -2.22. The van der Waals surface area contributed by atoms with Crippen LogP contribution in [0.2, 0.25) is 5.02 Å². The molecule has 0 bridgehead atoms. The van der Waals surface area contributed by atoms with Crippen molar-refractivity contribution in [3.63, 3.8) is 0 Å². The maximum absolute atomic E-state index is 11.4. The number of nitrogens with one attached hydrogen (secondary N) is 2. The fraction of sp³-hybridized carbons (Fsp3) is 0. The summed E-state index contributed by atoms with van der Waals surface area (Å²) in [6.45, 7) is 0. The van der Waals surface area contributed by atoms with Gasteiger partial charge in [-0.25, -0.2) is 4.79 Å². The van der Waals surface area contributed by atoms with E-state index in [1.54, 1.807) is 12.1 Å². The van der Waals surface area contributed by atoms with Gasteiger partial charge in [0.05, 0.1) is 9.95 Å². The summed E-state index contributed by atoms with van der Waals surface area (Å²) in [5.74, 6) is 0.143. The van der Waals surface area contributed by atoms with Gasteiger partial charge in [0.2, 0.25) is 0 Å². The van der Waals surface area contributed by atoms with Gasteiger partial charge in [-0.05, 0) is 18.2 Å². The minimum atomic E-state index is -0.605. The molecule has 0 aliphatic carbocycles. The number of nitrogens with zero attached hydrogens (tertiary/aromatic N) is 1. The minimum Gasteiger partial charge on any atom is -0.457 e. The molecule has 2 heterocycles. The van der Waals surface area contributed by atoms with Gasteiger partial charge in [-0.15, -0.1) is 0 Å². The topological polar surface area (TPSA) is 114 Å². The molecule has 1 fully saturated rings. The number of benzene rings is 1. The van der Waals surface area contributed by atoms with Crippen LogP contribution in [0.1, 0.15) is 5.76 Å². The number of hydrogen-bond acceptors (Lipinski definition) is 5. The molecule has 3 amide bonds. The zero-order chi connectivity index (χ0) is 16.6. The lowest BCUT2D eigenvalue weighted by atomic mass is 10.1. The molecule has 8 nitrogen and oxygen atoms in total. The van der Waals surface area contributed by atoms with Crippen LogP contribution in [0.5, 0.6) is 0 Å². The van der Waals surface area contributed by atoms with Crippen molar-refractivity contribution in [1.29, 1.82) is 0 Å². The van der Waals surface area contributed by atoms with Crippen molar-refractivity contribution in [3.05, 3.63) is 56.9 Å². The third kappa shape index (κ3) is 2.92. The Kier molecular flexibility index (Phi) is 3.59. The first-order valence-corrected chi connectivity index (χ1v) is 6.70. The molecular formula is C14H8ClN3O5. The number of nitro groups is 1. The van der Waals surface area contributed by atoms with Gasteiger partial charge in [-0.1, -0.05) is 11.6 Å². The van der Waals surface area contributed by atoms with E-state index in [0.29, 0.717) is 17.1 Å². The zero-order valence-corrected chi connectivity index (χ0v) is 12.1.